The molecule has 0 bridgehead atoms. The van der Waals surface area contributed by atoms with Crippen LogP contribution < -0.4 is 5.32 Å². The van der Waals surface area contributed by atoms with Crippen molar-refractivity contribution in [2.45, 2.75) is 37.2 Å². The zero-order chi connectivity index (χ0) is 21.0. The van der Waals surface area contributed by atoms with Crippen molar-refractivity contribution in [1.82, 2.24) is 10.2 Å². The molecular formula is C22H27ClN2O3S. The number of nitrogens with zero attached hydrogens (tertiary/aromatic N) is 1. The Kier molecular flexibility index (Phi) is 6.98. The molecule has 5 nitrogen and oxygen atoms in total. The highest BCUT2D eigenvalue weighted by molar-refractivity contribution is 7.90. The Morgan fingerprint density at radius 3 is 2.24 bits per heavy atom. The summed E-state index contributed by atoms with van der Waals surface area (Å²) in [5.74, 6) is 0.0741. The summed E-state index contributed by atoms with van der Waals surface area (Å²) >= 11 is 5.94. The quantitative estimate of drug-likeness (QED) is 0.750. The Morgan fingerprint density at radius 2 is 1.69 bits per heavy atom. The van der Waals surface area contributed by atoms with Crippen molar-refractivity contribution in [3.05, 3.63) is 64.7 Å². The van der Waals surface area contributed by atoms with Gasteiger partial charge in [0.15, 0.2) is 9.84 Å². The molecule has 1 aliphatic heterocycles. The van der Waals surface area contributed by atoms with E-state index in [0.29, 0.717) is 0 Å². The minimum absolute atomic E-state index is 0.00853. The van der Waals surface area contributed by atoms with E-state index >= 15 is 0 Å². The highest BCUT2D eigenvalue weighted by atomic mass is 35.5. The van der Waals surface area contributed by atoms with Crippen LogP contribution >= 0.6 is 11.6 Å². The minimum Gasteiger partial charge on any atom is -0.349 e. The summed E-state index contributed by atoms with van der Waals surface area (Å²) in [6, 6.07) is 14.4. The van der Waals surface area contributed by atoms with Crippen LogP contribution in [0, 0.1) is 5.92 Å². The van der Waals surface area contributed by atoms with Crippen LogP contribution in [-0.4, -0.2) is 38.6 Å². The Hall–Kier alpha value is -1.89. The molecule has 1 fully saturated rings. The molecule has 3 rings (SSSR count). The summed E-state index contributed by atoms with van der Waals surface area (Å²) in [5.41, 5.74) is 2.12. The Labute approximate surface area is 178 Å². The van der Waals surface area contributed by atoms with Crippen LogP contribution in [0.25, 0.3) is 0 Å². The molecule has 2 aromatic carbocycles. The number of sulfone groups is 1. The predicted molar refractivity (Wildman–Crippen MR) is 116 cm³/mol. The van der Waals surface area contributed by atoms with E-state index in [4.69, 9.17) is 11.6 Å². The van der Waals surface area contributed by atoms with Crippen LogP contribution in [0.5, 0.6) is 0 Å². The normalized spacial score (nSPS) is 17.1. The molecule has 0 aliphatic carbocycles. The monoisotopic (exact) mass is 434 g/mol. The topological polar surface area (TPSA) is 66.5 Å². The third-order valence-electron chi connectivity index (χ3n) is 5.44. The summed E-state index contributed by atoms with van der Waals surface area (Å²) in [4.78, 5) is 15.3. The number of benzene rings is 2. The molecule has 29 heavy (non-hydrogen) atoms. The van der Waals surface area contributed by atoms with Crippen molar-refractivity contribution in [3.8, 4) is 0 Å². The number of carbonyl (C=O) groups is 1. The highest BCUT2D eigenvalue weighted by Crippen LogP contribution is 2.22. The lowest BCUT2D eigenvalue weighted by Crippen LogP contribution is -2.40. The van der Waals surface area contributed by atoms with Gasteiger partial charge in [0, 0.05) is 23.7 Å². The second-order valence-corrected chi connectivity index (χ2v) is 10.2. The fourth-order valence-corrected chi connectivity index (χ4v) is 4.38. The van der Waals surface area contributed by atoms with E-state index in [1.807, 2.05) is 31.2 Å². The van der Waals surface area contributed by atoms with Crippen LogP contribution in [0.1, 0.15) is 36.9 Å². The number of likely N-dealkylation sites (tertiary alicyclic amines) is 1. The lowest BCUT2D eigenvalue weighted by Gasteiger charge is -2.32. The van der Waals surface area contributed by atoms with Gasteiger partial charge in [0.05, 0.1) is 10.9 Å². The predicted octanol–water partition coefficient (Wildman–Crippen LogP) is 3.83. The highest BCUT2D eigenvalue weighted by Gasteiger charge is 2.26. The number of hydrogen-bond donors (Lipinski definition) is 1. The first-order valence-corrected chi connectivity index (χ1v) is 12.1. The maximum atomic E-state index is 12.7. The Morgan fingerprint density at radius 1 is 1.10 bits per heavy atom. The van der Waals surface area contributed by atoms with E-state index in [0.717, 1.165) is 43.1 Å². The van der Waals surface area contributed by atoms with Gasteiger partial charge in [-0.25, -0.2) is 8.42 Å². The third kappa shape index (κ3) is 6.04. The molecule has 7 heteroatoms. The van der Waals surface area contributed by atoms with Gasteiger partial charge in [-0.2, -0.15) is 0 Å². The summed E-state index contributed by atoms with van der Waals surface area (Å²) in [6.45, 7) is 4.56. The summed E-state index contributed by atoms with van der Waals surface area (Å²) in [6.07, 6.45) is 2.85. The van der Waals surface area contributed by atoms with E-state index < -0.39 is 9.84 Å². The van der Waals surface area contributed by atoms with Gasteiger partial charge in [-0.15, -0.1) is 0 Å². The molecule has 0 unspecified atom stereocenters. The van der Waals surface area contributed by atoms with Gasteiger partial charge in [0.2, 0.25) is 5.91 Å². The SMILES string of the molecule is C[C@H](NC(=O)C1CCN(Cc2ccc(Cl)cc2)CC1)c1ccc(S(C)(=O)=O)cc1. The van der Waals surface area contributed by atoms with Crippen LogP contribution in [0.2, 0.25) is 5.02 Å². The summed E-state index contributed by atoms with van der Waals surface area (Å²) in [5, 5.41) is 3.81. The van der Waals surface area contributed by atoms with Gasteiger partial charge >= 0.3 is 0 Å². The Bertz CT molecular complexity index is 935. The molecule has 1 amide bonds. The molecule has 2 aromatic rings. The van der Waals surface area contributed by atoms with Crippen LogP contribution in [-0.2, 0) is 21.2 Å². The van der Waals surface area contributed by atoms with E-state index in [2.05, 4.69) is 10.2 Å². The van der Waals surface area contributed by atoms with E-state index in [9.17, 15) is 13.2 Å². The minimum atomic E-state index is -3.21. The number of halogens is 1. The molecule has 1 atom stereocenters. The fraction of sp³-hybridized carbons (Fsp3) is 0.409. The van der Waals surface area contributed by atoms with Crippen molar-refractivity contribution in [3.63, 3.8) is 0 Å². The molecule has 1 heterocycles. The van der Waals surface area contributed by atoms with Crippen molar-refractivity contribution < 1.29 is 13.2 Å². The molecule has 0 spiro atoms. The number of hydrogen-bond acceptors (Lipinski definition) is 4. The first-order chi connectivity index (χ1) is 13.7. The van der Waals surface area contributed by atoms with Gasteiger partial charge in [0.25, 0.3) is 0 Å². The van der Waals surface area contributed by atoms with Gasteiger partial charge in [-0.3, -0.25) is 9.69 Å². The molecule has 0 radical (unpaired) electrons. The van der Waals surface area contributed by atoms with Crippen molar-refractivity contribution in [2.75, 3.05) is 19.3 Å². The average Bonchev–Trinajstić information content (AvgIpc) is 2.69. The third-order valence-corrected chi connectivity index (χ3v) is 6.83. The molecule has 1 N–H and O–H groups in total. The zero-order valence-electron chi connectivity index (χ0n) is 16.8. The Balaban J connectivity index is 1.49. The number of piperidine rings is 1. The first-order valence-electron chi connectivity index (χ1n) is 9.79. The lowest BCUT2D eigenvalue weighted by molar-refractivity contribution is -0.127. The molecular weight excluding hydrogens is 408 g/mol. The van der Waals surface area contributed by atoms with E-state index in [1.54, 1.807) is 24.3 Å². The summed E-state index contributed by atoms with van der Waals surface area (Å²) in [7, 11) is -3.21. The standard InChI is InChI=1S/C22H27ClN2O3S/c1-16(18-5-9-21(10-6-18)29(2,27)28)24-22(26)19-11-13-25(14-12-19)15-17-3-7-20(23)8-4-17/h3-10,16,19H,11-15H2,1-2H3,(H,24,26)/t16-/m0/s1. The second-order valence-electron chi connectivity index (χ2n) is 7.75. The number of rotatable bonds is 6. The number of carbonyl (C=O) groups excluding carboxylic acids is 1. The molecule has 0 saturated carbocycles. The molecule has 1 saturated heterocycles. The van der Waals surface area contributed by atoms with E-state index in [1.165, 1.54) is 11.8 Å². The van der Waals surface area contributed by atoms with Crippen LogP contribution in [0.4, 0.5) is 0 Å². The maximum absolute atomic E-state index is 12.7. The fourth-order valence-electron chi connectivity index (χ4n) is 3.62. The van der Waals surface area contributed by atoms with Crippen LogP contribution in [0.3, 0.4) is 0 Å². The molecule has 0 aromatic heterocycles. The largest absolute Gasteiger partial charge is 0.349 e. The van der Waals surface area contributed by atoms with Crippen LogP contribution in [0.15, 0.2) is 53.4 Å². The van der Waals surface area contributed by atoms with Crippen molar-refractivity contribution in [1.29, 1.82) is 0 Å². The van der Waals surface area contributed by atoms with Crippen molar-refractivity contribution in [2.24, 2.45) is 5.92 Å². The van der Waals surface area contributed by atoms with Gasteiger partial charge in [-0.1, -0.05) is 35.9 Å². The van der Waals surface area contributed by atoms with Gasteiger partial charge in [-0.05, 0) is 68.2 Å². The number of nitrogens with one attached hydrogen (secondary N) is 1. The van der Waals surface area contributed by atoms with Gasteiger partial charge in [0.1, 0.15) is 0 Å². The smallest absolute Gasteiger partial charge is 0.223 e. The number of amides is 1. The first kappa shape index (κ1) is 21.8. The second kappa shape index (κ2) is 9.28. The average molecular weight is 435 g/mol. The molecule has 156 valence electrons. The molecule has 1 aliphatic rings. The lowest BCUT2D eigenvalue weighted by atomic mass is 9.95. The zero-order valence-corrected chi connectivity index (χ0v) is 18.3. The van der Waals surface area contributed by atoms with Gasteiger partial charge < -0.3 is 5.32 Å². The summed E-state index contributed by atoms with van der Waals surface area (Å²) < 4.78 is 23.2. The maximum Gasteiger partial charge on any atom is 0.223 e. The van der Waals surface area contributed by atoms with E-state index in [-0.39, 0.29) is 22.8 Å². The van der Waals surface area contributed by atoms with Crippen molar-refractivity contribution >= 4 is 27.3 Å².